The maximum absolute atomic E-state index is 13.2. The Hall–Kier alpha value is -3.52. The van der Waals surface area contributed by atoms with E-state index < -0.39 is 9.84 Å². The number of pyridine rings is 1. The molecule has 4 aromatic rings. The first-order chi connectivity index (χ1) is 15.4. The molecule has 0 bridgehead atoms. The van der Waals surface area contributed by atoms with Gasteiger partial charge in [0.05, 0.1) is 28.8 Å². The van der Waals surface area contributed by atoms with Gasteiger partial charge in [-0.15, -0.1) is 0 Å². The maximum Gasteiger partial charge on any atom is 0.276 e. The average Bonchev–Trinajstić information content (AvgIpc) is 3.31. The van der Waals surface area contributed by atoms with Crippen molar-refractivity contribution in [3.05, 3.63) is 78.2 Å². The number of anilines is 1. The lowest BCUT2D eigenvalue weighted by Crippen LogP contribution is -2.15. The Kier molecular flexibility index (Phi) is 5.01. The molecule has 7 nitrogen and oxygen atoms in total. The van der Waals surface area contributed by atoms with Crippen molar-refractivity contribution in [2.24, 2.45) is 0 Å². The summed E-state index contributed by atoms with van der Waals surface area (Å²) in [4.78, 5) is 22.6. The minimum Gasteiger partial charge on any atom is -0.324 e. The minimum absolute atomic E-state index is 0.0772. The van der Waals surface area contributed by atoms with Crippen LogP contribution >= 0.6 is 0 Å². The predicted molar refractivity (Wildman–Crippen MR) is 124 cm³/mol. The Labute approximate surface area is 186 Å². The van der Waals surface area contributed by atoms with Crippen molar-refractivity contribution in [3.63, 3.8) is 0 Å². The zero-order valence-electron chi connectivity index (χ0n) is 17.5. The van der Waals surface area contributed by atoms with Gasteiger partial charge in [-0.3, -0.25) is 4.79 Å². The van der Waals surface area contributed by atoms with Gasteiger partial charge in [0.25, 0.3) is 5.91 Å². The first kappa shape index (κ1) is 20.4. The lowest BCUT2D eigenvalue weighted by atomic mass is 10.1. The standard InChI is InChI=1S/C24H22N4O3S/c1-16-25-22-21(28(16)19-12-13-32(30,31)15-19)14-20(17-8-4-2-5-9-17)27-23(22)24(29)26-18-10-6-3-7-11-18/h2-11,14,19H,12-13,15H2,1H3,(H,26,29). The molecule has 0 spiro atoms. The van der Waals surface area contributed by atoms with Crippen molar-refractivity contribution >= 4 is 32.5 Å². The molecular weight excluding hydrogens is 424 g/mol. The molecule has 0 aliphatic carbocycles. The SMILES string of the molecule is Cc1nc2c(C(=O)Nc3ccccc3)nc(-c3ccccc3)cc2n1C1CCS(=O)(=O)C1. The van der Waals surface area contributed by atoms with Crippen LogP contribution in [0.1, 0.15) is 28.8 Å². The third kappa shape index (κ3) is 3.78. The van der Waals surface area contributed by atoms with Crippen molar-refractivity contribution < 1.29 is 13.2 Å². The molecule has 1 saturated heterocycles. The Morgan fingerprint density at radius 1 is 1.03 bits per heavy atom. The number of imidazole rings is 1. The highest BCUT2D eigenvalue weighted by Crippen LogP contribution is 2.32. The summed E-state index contributed by atoms with van der Waals surface area (Å²) in [6.45, 7) is 1.84. The van der Waals surface area contributed by atoms with Crippen molar-refractivity contribution in [2.45, 2.75) is 19.4 Å². The Balaban J connectivity index is 1.68. The largest absolute Gasteiger partial charge is 0.324 e. The number of amides is 1. The normalized spacial score (nSPS) is 17.5. The summed E-state index contributed by atoms with van der Waals surface area (Å²) < 4.78 is 26.2. The molecule has 162 valence electrons. The second-order valence-electron chi connectivity index (χ2n) is 8.00. The van der Waals surface area contributed by atoms with Crippen LogP contribution in [-0.4, -0.2) is 40.4 Å². The van der Waals surface area contributed by atoms with E-state index in [1.165, 1.54) is 0 Å². The van der Waals surface area contributed by atoms with Gasteiger partial charge in [-0.05, 0) is 31.5 Å². The number of para-hydroxylation sites is 1. The molecule has 1 aliphatic heterocycles. The zero-order chi connectivity index (χ0) is 22.3. The van der Waals surface area contributed by atoms with Gasteiger partial charge in [0.1, 0.15) is 11.3 Å². The van der Waals surface area contributed by atoms with Crippen molar-refractivity contribution in [1.29, 1.82) is 0 Å². The first-order valence-electron chi connectivity index (χ1n) is 10.4. The molecule has 32 heavy (non-hydrogen) atoms. The van der Waals surface area contributed by atoms with Gasteiger partial charge < -0.3 is 9.88 Å². The van der Waals surface area contributed by atoms with Gasteiger partial charge in [0, 0.05) is 11.3 Å². The topological polar surface area (TPSA) is 93.9 Å². The molecule has 2 aromatic carbocycles. The van der Waals surface area contributed by atoms with Crippen molar-refractivity contribution in [2.75, 3.05) is 16.8 Å². The molecule has 1 amide bonds. The summed E-state index contributed by atoms with van der Waals surface area (Å²) in [7, 11) is -3.08. The van der Waals surface area contributed by atoms with E-state index in [2.05, 4.69) is 15.3 Å². The summed E-state index contributed by atoms with van der Waals surface area (Å²) in [6.07, 6.45) is 0.531. The van der Waals surface area contributed by atoms with Crippen LogP contribution in [0.25, 0.3) is 22.3 Å². The number of carbonyl (C=O) groups is 1. The molecule has 0 saturated carbocycles. The van der Waals surface area contributed by atoms with E-state index in [-0.39, 0.29) is 29.1 Å². The van der Waals surface area contributed by atoms with Gasteiger partial charge in [-0.2, -0.15) is 0 Å². The predicted octanol–water partition coefficient (Wildman–Crippen LogP) is 4.02. The fourth-order valence-corrected chi connectivity index (χ4v) is 5.98. The van der Waals surface area contributed by atoms with Gasteiger partial charge >= 0.3 is 0 Å². The molecule has 3 heterocycles. The molecular formula is C24H22N4O3S. The van der Waals surface area contributed by atoms with E-state index in [1.54, 1.807) is 0 Å². The lowest BCUT2D eigenvalue weighted by molar-refractivity contribution is 0.102. The van der Waals surface area contributed by atoms with Crippen LogP contribution in [0.15, 0.2) is 66.7 Å². The Bertz CT molecular complexity index is 1410. The highest BCUT2D eigenvalue weighted by molar-refractivity contribution is 7.91. The van der Waals surface area contributed by atoms with E-state index in [1.807, 2.05) is 78.2 Å². The van der Waals surface area contributed by atoms with E-state index in [9.17, 15) is 13.2 Å². The number of nitrogens with one attached hydrogen (secondary N) is 1. The van der Waals surface area contributed by atoms with E-state index in [4.69, 9.17) is 0 Å². The smallest absolute Gasteiger partial charge is 0.276 e. The minimum atomic E-state index is -3.08. The number of rotatable bonds is 4. The van der Waals surface area contributed by atoms with Gasteiger partial charge in [-0.1, -0.05) is 48.5 Å². The molecule has 1 N–H and O–H groups in total. The number of hydrogen-bond acceptors (Lipinski definition) is 5. The van der Waals surface area contributed by atoms with Gasteiger partial charge in [0.15, 0.2) is 15.5 Å². The van der Waals surface area contributed by atoms with Gasteiger partial charge in [-0.25, -0.2) is 18.4 Å². The van der Waals surface area contributed by atoms with Crippen LogP contribution in [0.4, 0.5) is 5.69 Å². The van der Waals surface area contributed by atoms with Crippen LogP contribution in [0.5, 0.6) is 0 Å². The summed E-state index contributed by atoms with van der Waals surface area (Å²) in [5.74, 6) is 0.549. The van der Waals surface area contributed by atoms with Gasteiger partial charge in [0.2, 0.25) is 0 Å². The fourth-order valence-electron chi connectivity index (χ4n) is 4.28. The second-order valence-corrected chi connectivity index (χ2v) is 10.2. The molecule has 1 atom stereocenters. The second kappa shape index (κ2) is 7.87. The monoisotopic (exact) mass is 446 g/mol. The highest BCUT2D eigenvalue weighted by atomic mass is 32.2. The van der Waals surface area contributed by atoms with Crippen molar-refractivity contribution in [3.8, 4) is 11.3 Å². The fraction of sp³-hybridized carbons (Fsp3) is 0.208. The summed E-state index contributed by atoms with van der Waals surface area (Å²) >= 11 is 0. The van der Waals surface area contributed by atoms with E-state index in [0.29, 0.717) is 29.1 Å². The third-order valence-electron chi connectivity index (χ3n) is 5.74. The van der Waals surface area contributed by atoms with Crippen LogP contribution in [0.2, 0.25) is 0 Å². The van der Waals surface area contributed by atoms with Crippen LogP contribution in [0, 0.1) is 6.92 Å². The zero-order valence-corrected chi connectivity index (χ0v) is 18.3. The van der Waals surface area contributed by atoms with Crippen molar-refractivity contribution in [1.82, 2.24) is 14.5 Å². The van der Waals surface area contributed by atoms with Crippen LogP contribution < -0.4 is 5.32 Å². The third-order valence-corrected chi connectivity index (χ3v) is 7.49. The molecule has 0 radical (unpaired) electrons. The Morgan fingerprint density at radius 3 is 2.38 bits per heavy atom. The molecule has 2 aromatic heterocycles. The van der Waals surface area contributed by atoms with Crippen LogP contribution in [0.3, 0.4) is 0 Å². The number of hydrogen-bond donors (Lipinski definition) is 1. The maximum atomic E-state index is 13.2. The number of aryl methyl sites for hydroxylation is 1. The highest BCUT2D eigenvalue weighted by Gasteiger charge is 2.32. The average molecular weight is 447 g/mol. The first-order valence-corrected chi connectivity index (χ1v) is 12.3. The number of aromatic nitrogens is 3. The quantitative estimate of drug-likeness (QED) is 0.511. The summed E-state index contributed by atoms with van der Waals surface area (Å²) in [6, 6.07) is 20.5. The van der Waals surface area contributed by atoms with E-state index >= 15 is 0 Å². The number of carbonyl (C=O) groups excluding carboxylic acids is 1. The summed E-state index contributed by atoms with van der Waals surface area (Å²) in [5.41, 5.74) is 3.58. The summed E-state index contributed by atoms with van der Waals surface area (Å²) in [5, 5.41) is 2.89. The number of sulfone groups is 1. The molecule has 1 fully saturated rings. The number of fused-ring (bicyclic) bond motifs is 1. The number of benzene rings is 2. The molecule has 1 unspecified atom stereocenters. The molecule has 5 rings (SSSR count). The molecule has 1 aliphatic rings. The Morgan fingerprint density at radius 2 is 1.72 bits per heavy atom. The molecule has 8 heteroatoms. The lowest BCUT2D eigenvalue weighted by Gasteiger charge is -2.15. The van der Waals surface area contributed by atoms with Crippen LogP contribution in [-0.2, 0) is 9.84 Å². The van der Waals surface area contributed by atoms with E-state index in [0.717, 1.165) is 11.1 Å². The number of nitrogens with zero attached hydrogens (tertiary/aromatic N) is 3.